The average Bonchev–Trinajstić information content (AvgIpc) is 3.25. The van der Waals surface area contributed by atoms with Gasteiger partial charge in [0.15, 0.2) is 5.96 Å². The second-order valence-corrected chi connectivity index (χ2v) is 5.87. The van der Waals surface area contributed by atoms with Crippen molar-refractivity contribution in [3.63, 3.8) is 0 Å². The summed E-state index contributed by atoms with van der Waals surface area (Å²) in [5.41, 5.74) is 0. The van der Waals surface area contributed by atoms with E-state index in [1.807, 2.05) is 0 Å². The summed E-state index contributed by atoms with van der Waals surface area (Å²) in [6.07, 6.45) is 4.66. The van der Waals surface area contributed by atoms with Gasteiger partial charge >= 0.3 is 0 Å². The number of rotatable bonds is 7. The van der Waals surface area contributed by atoms with Gasteiger partial charge in [-0.3, -0.25) is 14.7 Å². The van der Waals surface area contributed by atoms with Gasteiger partial charge in [-0.15, -0.1) is 24.0 Å². The fourth-order valence-electron chi connectivity index (χ4n) is 2.83. The van der Waals surface area contributed by atoms with Crippen LogP contribution in [-0.2, 0) is 4.79 Å². The number of likely N-dealkylation sites (N-methyl/N-ethyl adjacent to an activating group) is 1. The topological polar surface area (TPSA) is 68.8 Å². The summed E-state index contributed by atoms with van der Waals surface area (Å²) < 4.78 is 0. The number of likely N-dealkylation sites (tertiary alicyclic amines) is 1. The summed E-state index contributed by atoms with van der Waals surface area (Å²) in [5.74, 6) is 1.30. The van der Waals surface area contributed by atoms with Crippen LogP contribution in [0.4, 0.5) is 0 Å². The molecule has 2 aliphatic rings. The molecule has 0 aromatic heterocycles. The van der Waals surface area contributed by atoms with Crippen LogP contribution in [0.1, 0.15) is 32.6 Å². The number of nitrogens with zero attached hydrogens (tertiary/aromatic N) is 2. The number of carbonyl (C=O) groups is 1. The maximum atomic E-state index is 11.5. The Morgan fingerprint density at radius 3 is 2.55 bits per heavy atom. The molecule has 1 aliphatic heterocycles. The molecule has 0 spiro atoms. The van der Waals surface area contributed by atoms with Crippen LogP contribution in [-0.4, -0.2) is 62.6 Å². The molecule has 22 heavy (non-hydrogen) atoms. The highest BCUT2D eigenvalue weighted by Gasteiger charge is 2.29. The van der Waals surface area contributed by atoms with E-state index in [0.717, 1.165) is 31.9 Å². The molecule has 1 saturated carbocycles. The van der Waals surface area contributed by atoms with E-state index in [2.05, 4.69) is 32.8 Å². The standard InChI is InChI=1S/C15H29N5O.HI/c1-3-20-10-4-5-13(20)11-19-15(16-2)18-9-8-17-14(21)12-6-7-12;/h12-13H,3-11H2,1-2H3,(H,17,21)(H2,16,18,19);1H. The van der Waals surface area contributed by atoms with Crippen LogP contribution in [0.3, 0.4) is 0 Å². The van der Waals surface area contributed by atoms with Crippen molar-refractivity contribution in [2.24, 2.45) is 10.9 Å². The van der Waals surface area contributed by atoms with Crippen molar-refractivity contribution in [1.82, 2.24) is 20.9 Å². The number of nitrogens with one attached hydrogen (secondary N) is 3. The number of hydrogen-bond acceptors (Lipinski definition) is 3. The molecule has 3 N–H and O–H groups in total. The van der Waals surface area contributed by atoms with Crippen LogP contribution in [0.2, 0.25) is 0 Å². The van der Waals surface area contributed by atoms with Crippen LogP contribution in [0.15, 0.2) is 4.99 Å². The first-order chi connectivity index (χ1) is 10.2. The van der Waals surface area contributed by atoms with Gasteiger partial charge in [0.2, 0.25) is 5.91 Å². The van der Waals surface area contributed by atoms with Crippen LogP contribution >= 0.6 is 24.0 Å². The van der Waals surface area contributed by atoms with Gasteiger partial charge in [-0.1, -0.05) is 6.92 Å². The van der Waals surface area contributed by atoms with Gasteiger partial charge in [-0.05, 0) is 38.8 Å². The molecule has 1 unspecified atom stereocenters. The van der Waals surface area contributed by atoms with Crippen LogP contribution in [0.5, 0.6) is 0 Å². The summed E-state index contributed by atoms with van der Waals surface area (Å²) in [5, 5.41) is 9.57. The molecule has 0 aromatic rings. The molecule has 1 saturated heterocycles. The molecule has 128 valence electrons. The van der Waals surface area contributed by atoms with Gasteiger partial charge in [0.05, 0.1) is 0 Å². The van der Waals surface area contributed by atoms with Gasteiger partial charge in [0.25, 0.3) is 0 Å². The van der Waals surface area contributed by atoms with E-state index >= 15 is 0 Å². The lowest BCUT2D eigenvalue weighted by Crippen LogP contribution is -2.46. The molecule has 6 nitrogen and oxygen atoms in total. The lowest BCUT2D eigenvalue weighted by Gasteiger charge is -2.24. The fourth-order valence-corrected chi connectivity index (χ4v) is 2.83. The number of halogens is 1. The first-order valence-corrected chi connectivity index (χ1v) is 8.21. The van der Waals surface area contributed by atoms with Gasteiger partial charge in [-0.25, -0.2) is 0 Å². The lowest BCUT2D eigenvalue weighted by molar-refractivity contribution is -0.122. The molecule has 0 bridgehead atoms. The van der Waals surface area contributed by atoms with Crippen molar-refractivity contribution < 1.29 is 4.79 Å². The summed E-state index contributed by atoms with van der Waals surface area (Å²) in [4.78, 5) is 18.2. The Balaban J connectivity index is 0.00000242. The van der Waals surface area contributed by atoms with Gasteiger partial charge < -0.3 is 16.0 Å². The molecule has 1 amide bonds. The zero-order valence-corrected chi connectivity index (χ0v) is 16.1. The molecule has 7 heteroatoms. The van der Waals surface area contributed by atoms with Gasteiger partial charge in [-0.2, -0.15) is 0 Å². The average molecular weight is 423 g/mol. The Bertz CT molecular complexity index is 373. The van der Waals surface area contributed by atoms with E-state index in [-0.39, 0.29) is 35.8 Å². The normalized spacial score (nSPS) is 22.1. The Morgan fingerprint density at radius 2 is 1.91 bits per heavy atom. The third kappa shape index (κ3) is 6.28. The van der Waals surface area contributed by atoms with Crippen molar-refractivity contribution in [2.45, 2.75) is 38.6 Å². The summed E-state index contributed by atoms with van der Waals surface area (Å²) in [7, 11) is 1.78. The van der Waals surface area contributed by atoms with E-state index < -0.39 is 0 Å². The molecule has 1 atom stereocenters. The predicted molar refractivity (Wildman–Crippen MR) is 101 cm³/mol. The highest BCUT2D eigenvalue weighted by atomic mass is 127. The predicted octanol–water partition coefficient (Wildman–Crippen LogP) is 0.780. The van der Waals surface area contributed by atoms with Crippen molar-refractivity contribution >= 4 is 35.8 Å². The molecule has 0 radical (unpaired) electrons. The number of amides is 1. The third-order valence-electron chi connectivity index (χ3n) is 4.30. The molecule has 2 rings (SSSR count). The Labute approximate surface area is 150 Å². The summed E-state index contributed by atoms with van der Waals surface area (Å²) in [6.45, 7) is 6.84. The Morgan fingerprint density at radius 1 is 1.18 bits per heavy atom. The smallest absolute Gasteiger partial charge is 0.223 e. The minimum atomic E-state index is 0. The number of carbonyl (C=O) groups excluding carboxylic acids is 1. The van der Waals surface area contributed by atoms with E-state index in [4.69, 9.17) is 0 Å². The first-order valence-electron chi connectivity index (χ1n) is 8.21. The molecule has 1 heterocycles. The zero-order chi connectivity index (χ0) is 15.1. The summed E-state index contributed by atoms with van der Waals surface area (Å²) >= 11 is 0. The quantitative estimate of drug-likeness (QED) is 0.245. The van der Waals surface area contributed by atoms with Crippen molar-refractivity contribution in [2.75, 3.05) is 39.8 Å². The maximum absolute atomic E-state index is 11.5. The number of aliphatic imine (C=N–C) groups is 1. The third-order valence-corrected chi connectivity index (χ3v) is 4.30. The van der Waals surface area contributed by atoms with Crippen molar-refractivity contribution in [3.8, 4) is 0 Å². The molecular weight excluding hydrogens is 393 g/mol. The molecular formula is C15H30IN5O. The monoisotopic (exact) mass is 423 g/mol. The van der Waals surface area contributed by atoms with Gasteiger partial charge in [0, 0.05) is 38.6 Å². The van der Waals surface area contributed by atoms with E-state index in [1.165, 1.54) is 19.4 Å². The van der Waals surface area contributed by atoms with Crippen molar-refractivity contribution in [1.29, 1.82) is 0 Å². The molecule has 0 aromatic carbocycles. The van der Waals surface area contributed by atoms with E-state index in [1.54, 1.807) is 7.05 Å². The Kier molecular flexibility index (Phi) is 9.08. The van der Waals surface area contributed by atoms with Crippen LogP contribution < -0.4 is 16.0 Å². The minimum absolute atomic E-state index is 0. The molecule has 2 fully saturated rings. The van der Waals surface area contributed by atoms with Gasteiger partial charge in [0.1, 0.15) is 0 Å². The molecule has 1 aliphatic carbocycles. The number of hydrogen-bond donors (Lipinski definition) is 3. The van der Waals surface area contributed by atoms with Crippen LogP contribution in [0, 0.1) is 5.92 Å². The van der Waals surface area contributed by atoms with E-state index in [0.29, 0.717) is 19.1 Å². The summed E-state index contributed by atoms with van der Waals surface area (Å²) in [6, 6.07) is 0.614. The largest absolute Gasteiger partial charge is 0.355 e. The van der Waals surface area contributed by atoms with E-state index in [9.17, 15) is 4.79 Å². The second-order valence-electron chi connectivity index (χ2n) is 5.87. The van der Waals surface area contributed by atoms with Crippen LogP contribution in [0.25, 0.3) is 0 Å². The maximum Gasteiger partial charge on any atom is 0.223 e. The highest BCUT2D eigenvalue weighted by Crippen LogP contribution is 2.28. The fraction of sp³-hybridized carbons (Fsp3) is 0.867. The highest BCUT2D eigenvalue weighted by molar-refractivity contribution is 14.0. The first kappa shape index (κ1) is 19.5. The lowest BCUT2D eigenvalue weighted by atomic mass is 10.2. The Hall–Kier alpha value is -0.570. The van der Waals surface area contributed by atoms with Crippen molar-refractivity contribution in [3.05, 3.63) is 0 Å². The zero-order valence-electron chi connectivity index (χ0n) is 13.7. The number of guanidine groups is 1. The SMILES string of the molecule is CCN1CCCC1CNC(=NC)NCCNC(=O)C1CC1.I. The second kappa shape index (κ2) is 10.3. The minimum Gasteiger partial charge on any atom is -0.355 e.